The molecule has 30 heavy (non-hydrogen) atoms. The van der Waals surface area contributed by atoms with E-state index in [2.05, 4.69) is 15.6 Å². The van der Waals surface area contributed by atoms with E-state index in [0.29, 0.717) is 25.5 Å². The van der Waals surface area contributed by atoms with Crippen LogP contribution in [0.4, 0.5) is 0 Å². The van der Waals surface area contributed by atoms with E-state index in [1.54, 1.807) is 31.3 Å². The number of nitrogens with one attached hydrogen (secondary N) is 2. The molecule has 1 fully saturated rings. The molecule has 2 rings (SSSR count). The summed E-state index contributed by atoms with van der Waals surface area (Å²) in [5.74, 6) is 0.879. The SMILES string of the molecule is CCNC(=NCc1ccc(S(=O)(=O)N(C)C(C)C)cc1)NC1CCN(C(=O)CC)C1. The molecule has 0 aromatic heterocycles. The number of rotatable bonds is 8. The van der Waals surface area contributed by atoms with E-state index in [1.807, 2.05) is 32.6 Å². The Morgan fingerprint density at radius 2 is 1.93 bits per heavy atom. The van der Waals surface area contributed by atoms with Crippen LogP contribution in [0.15, 0.2) is 34.2 Å². The van der Waals surface area contributed by atoms with Gasteiger partial charge in [0.25, 0.3) is 0 Å². The molecule has 1 aromatic carbocycles. The van der Waals surface area contributed by atoms with E-state index < -0.39 is 10.0 Å². The minimum Gasteiger partial charge on any atom is -0.357 e. The zero-order valence-corrected chi connectivity index (χ0v) is 19.5. The van der Waals surface area contributed by atoms with Crippen molar-refractivity contribution in [2.75, 3.05) is 26.7 Å². The first-order valence-corrected chi connectivity index (χ1v) is 12.0. The summed E-state index contributed by atoms with van der Waals surface area (Å²) < 4.78 is 26.5. The molecular formula is C21H35N5O3S. The fourth-order valence-corrected chi connectivity index (χ4v) is 4.59. The molecule has 1 saturated heterocycles. The van der Waals surface area contributed by atoms with Crippen molar-refractivity contribution in [1.29, 1.82) is 0 Å². The molecule has 1 aliphatic rings. The summed E-state index contributed by atoms with van der Waals surface area (Å²) in [6.07, 6.45) is 1.42. The number of amides is 1. The lowest BCUT2D eigenvalue weighted by Crippen LogP contribution is -2.45. The first-order chi connectivity index (χ1) is 14.2. The molecule has 1 amide bonds. The second-order valence-corrected chi connectivity index (χ2v) is 9.77. The first kappa shape index (κ1) is 24.1. The zero-order chi connectivity index (χ0) is 22.3. The summed E-state index contributed by atoms with van der Waals surface area (Å²) in [6, 6.07) is 6.93. The van der Waals surface area contributed by atoms with E-state index in [4.69, 9.17) is 0 Å². The number of hydrogen-bond acceptors (Lipinski definition) is 4. The van der Waals surface area contributed by atoms with Gasteiger partial charge < -0.3 is 15.5 Å². The molecule has 0 bridgehead atoms. The molecule has 1 atom stereocenters. The number of aliphatic imine (C=N–C) groups is 1. The Balaban J connectivity index is 2.02. The predicted molar refractivity (Wildman–Crippen MR) is 120 cm³/mol. The second-order valence-electron chi connectivity index (χ2n) is 7.78. The van der Waals surface area contributed by atoms with Crippen molar-refractivity contribution < 1.29 is 13.2 Å². The number of likely N-dealkylation sites (tertiary alicyclic amines) is 1. The number of benzene rings is 1. The molecule has 9 heteroatoms. The molecule has 0 saturated carbocycles. The second kappa shape index (κ2) is 10.8. The molecular weight excluding hydrogens is 402 g/mol. The Morgan fingerprint density at radius 1 is 1.27 bits per heavy atom. The van der Waals surface area contributed by atoms with Gasteiger partial charge in [-0.3, -0.25) is 4.79 Å². The standard InChI is InChI=1S/C21H35N5O3S/c1-6-20(27)26-13-12-18(15-26)24-21(22-7-2)23-14-17-8-10-19(11-9-17)30(28,29)25(5)16(3)4/h8-11,16,18H,6-7,12-15H2,1-5H3,(H2,22,23,24). The fourth-order valence-electron chi connectivity index (χ4n) is 3.22. The van der Waals surface area contributed by atoms with E-state index in [9.17, 15) is 13.2 Å². The van der Waals surface area contributed by atoms with Crippen molar-refractivity contribution in [1.82, 2.24) is 19.8 Å². The van der Waals surface area contributed by atoms with Crippen molar-refractivity contribution in [2.45, 2.75) is 64.1 Å². The minimum absolute atomic E-state index is 0.104. The van der Waals surface area contributed by atoms with Gasteiger partial charge in [-0.1, -0.05) is 19.1 Å². The van der Waals surface area contributed by atoms with Gasteiger partial charge in [0.1, 0.15) is 0 Å². The molecule has 168 valence electrons. The topological polar surface area (TPSA) is 94.1 Å². The summed E-state index contributed by atoms with van der Waals surface area (Å²) in [5, 5.41) is 6.64. The lowest BCUT2D eigenvalue weighted by molar-refractivity contribution is -0.129. The molecule has 1 heterocycles. The average molecular weight is 438 g/mol. The van der Waals surface area contributed by atoms with Crippen LogP contribution in [0.2, 0.25) is 0 Å². The van der Waals surface area contributed by atoms with Crippen molar-refractivity contribution in [3.8, 4) is 0 Å². The molecule has 1 aliphatic heterocycles. The van der Waals surface area contributed by atoms with E-state index in [0.717, 1.165) is 25.1 Å². The van der Waals surface area contributed by atoms with Gasteiger partial charge in [-0.05, 0) is 44.9 Å². The van der Waals surface area contributed by atoms with Gasteiger partial charge in [-0.25, -0.2) is 13.4 Å². The summed E-state index contributed by atoms with van der Waals surface area (Å²) in [6.45, 7) is 10.2. The molecule has 0 aliphatic carbocycles. The third-order valence-corrected chi connectivity index (χ3v) is 7.32. The molecule has 8 nitrogen and oxygen atoms in total. The van der Waals surface area contributed by atoms with Gasteiger partial charge in [-0.2, -0.15) is 4.31 Å². The van der Waals surface area contributed by atoms with Gasteiger partial charge in [0, 0.05) is 45.2 Å². The summed E-state index contributed by atoms with van der Waals surface area (Å²) in [7, 11) is -1.90. The number of nitrogens with zero attached hydrogens (tertiary/aromatic N) is 3. The number of carbonyl (C=O) groups is 1. The van der Waals surface area contributed by atoms with Crippen molar-refractivity contribution in [3.05, 3.63) is 29.8 Å². The maximum absolute atomic E-state index is 12.6. The summed E-state index contributed by atoms with van der Waals surface area (Å²) >= 11 is 0. The Kier molecular flexibility index (Phi) is 8.66. The van der Waals surface area contributed by atoms with Crippen LogP contribution in [0.5, 0.6) is 0 Å². The van der Waals surface area contributed by atoms with Crippen LogP contribution < -0.4 is 10.6 Å². The van der Waals surface area contributed by atoms with Crippen molar-refractivity contribution >= 4 is 21.9 Å². The Hall–Kier alpha value is -2.13. The highest BCUT2D eigenvalue weighted by atomic mass is 32.2. The molecule has 1 unspecified atom stereocenters. The lowest BCUT2D eigenvalue weighted by Gasteiger charge is -2.21. The van der Waals surface area contributed by atoms with E-state index in [1.165, 1.54) is 4.31 Å². The van der Waals surface area contributed by atoms with E-state index >= 15 is 0 Å². The van der Waals surface area contributed by atoms with Gasteiger partial charge in [0.15, 0.2) is 5.96 Å². The largest absolute Gasteiger partial charge is 0.357 e. The highest BCUT2D eigenvalue weighted by molar-refractivity contribution is 7.89. The summed E-state index contributed by atoms with van der Waals surface area (Å²) in [4.78, 5) is 18.7. The maximum atomic E-state index is 12.6. The maximum Gasteiger partial charge on any atom is 0.243 e. The quantitative estimate of drug-likeness (QED) is 0.478. The highest BCUT2D eigenvalue weighted by Crippen LogP contribution is 2.17. The first-order valence-electron chi connectivity index (χ1n) is 10.6. The van der Waals surface area contributed by atoms with Crippen LogP contribution in [0.25, 0.3) is 0 Å². The number of carbonyl (C=O) groups excluding carboxylic acids is 1. The average Bonchev–Trinajstić information content (AvgIpc) is 3.19. The van der Waals surface area contributed by atoms with Crippen LogP contribution in [0.3, 0.4) is 0 Å². The van der Waals surface area contributed by atoms with Crippen molar-refractivity contribution in [2.24, 2.45) is 4.99 Å². The normalized spacial score (nSPS) is 17.6. The molecule has 2 N–H and O–H groups in total. The van der Waals surface area contributed by atoms with Crippen LogP contribution in [0, 0.1) is 0 Å². The minimum atomic E-state index is -3.48. The smallest absolute Gasteiger partial charge is 0.243 e. The number of hydrogen-bond donors (Lipinski definition) is 2. The predicted octanol–water partition coefficient (Wildman–Crippen LogP) is 1.78. The van der Waals surface area contributed by atoms with E-state index in [-0.39, 0.29) is 22.9 Å². The molecule has 1 aromatic rings. The summed E-state index contributed by atoms with van der Waals surface area (Å²) in [5.41, 5.74) is 0.924. The van der Waals surface area contributed by atoms with Gasteiger partial charge in [0.05, 0.1) is 11.4 Å². The molecule has 0 spiro atoms. The third-order valence-electron chi connectivity index (χ3n) is 5.28. The Bertz CT molecular complexity index is 837. The van der Waals surface area contributed by atoms with Gasteiger partial charge >= 0.3 is 0 Å². The van der Waals surface area contributed by atoms with Gasteiger partial charge in [0.2, 0.25) is 15.9 Å². The van der Waals surface area contributed by atoms with Crippen molar-refractivity contribution in [3.63, 3.8) is 0 Å². The number of guanidine groups is 1. The third kappa shape index (κ3) is 6.18. The molecule has 0 radical (unpaired) electrons. The van der Waals surface area contributed by atoms with Crippen LogP contribution in [-0.4, -0.2) is 68.3 Å². The Labute approximate surface area is 180 Å². The highest BCUT2D eigenvalue weighted by Gasteiger charge is 2.26. The van der Waals surface area contributed by atoms with Crippen LogP contribution in [-0.2, 0) is 21.4 Å². The van der Waals surface area contributed by atoms with Gasteiger partial charge in [-0.15, -0.1) is 0 Å². The van der Waals surface area contributed by atoms with Crippen LogP contribution >= 0.6 is 0 Å². The van der Waals surface area contributed by atoms with Crippen LogP contribution in [0.1, 0.15) is 46.1 Å². The monoisotopic (exact) mass is 437 g/mol. The number of sulfonamides is 1. The Morgan fingerprint density at radius 3 is 2.50 bits per heavy atom. The fraction of sp³-hybridized carbons (Fsp3) is 0.619. The lowest BCUT2D eigenvalue weighted by atomic mass is 10.2. The zero-order valence-electron chi connectivity index (χ0n) is 18.7.